The number of aromatic amines is 1. The van der Waals surface area contributed by atoms with Crippen LogP contribution in [-0.4, -0.2) is 10.9 Å². The van der Waals surface area contributed by atoms with Crippen molar-refractivity contribution in [2.45, 2.75) is 13.3 Å². The second-order valence-electron chi connectivity index (χ2n) is 5.47. The largest absolute Gasteiger partial charge is 0.328 e. The van der Waals surface area contributed by atoms with Crippen LogP contribution < -0.4 is 10.9 Å². The molecule has 24 heavy (non-hydrogen) atoms. The van der Waals surface area contributed by atoms with E-state index < -0.39 is 11.5 Å². The van der Waals surface area contributed by atoms with Crippen LogP contribution in [0.1, 0.15) is 22.8 Å². The Morgan fingerprint density at radius 1 is 1.00 bits per heavy atom. The van der Waals surface area contributed by atoms with Gasteiger partial charge in [0.1, 0.15) is 5.56 Å². The zero-order valence-electron chi connectivity index (χ0n) is 13.4. The number of anilines is 1. The zero-order chi connectivity index (χ0) is 16.9. The maximum atomic E-state index is 12.7. The summed E-state index contributed by atoms with van der Waals surface area (Å²) in [5.74, 6) is -0.417. The van der Waals surface area contributed by atoms with Crippen molar-refractivity contribution in [3.63, 3.8) is 0 Å². The van der Waals surface area contributed by atoms with Crippen molar-refractivity contribution >= 4 is 11.6 Å². The van der Waals surface area contributed by atoms with E-state index in [1.807, 2.05) is 54.6 Å². The highest BCUT2D eigenvalue weighted by Crippen LogP contribution is 2.21. The molecular formula is C20H18N2O2. The lowest BCUT2D eigenvalue weighted by atomic mass is 10.0. The number of pyridine rings is 1. The van der Waals surface area contributed by atoms with E-state index in [-0.39, 0.29) is 5.56 Å². The van der Waals surface area contributed by atoms with E-state index >= 15 is 0 Å². The predicted molar refractivity (Wildman–Crippen MR) is 96.3 cm³/mol. The van der Waals surface area contributed by atoms with Crippen LogP contribution in [0.2, 0.25) is 0 Å². The Kier molecular flexibility index (Phi) is 4.57. The fourth-order valence-corrected chi connectivity index (χ4v) is 2.58. The standard InChI is InChI=1S/C20H18N2O2/c1-2-14-8-10-16(11-9-14)22-20(24)18-17(12-13-21-19(18)23)15-6-4-3-5-7-15/h3-13H,2H2,1H3,(H,21,23)(H,22,24). The number of carbonyl (C=O) groups excluding carboxylic acids is 1. The first-order valence-electron chi connectivity index (χ1n) is 7.86. The molecule has 2 N–H and O–H groups in total. The summed E-state index contributed by atoms with van der Waals surface area (Å²) >= 11 is 0. The average Bonchev–Trinajstić information content (AvgIpc) is 2.62. The highest BCUT2D eigenvalue weighted by Gasteiger charge is 2.17. The number of carbonyl (C=O) groups is 1. The third-order valence-corrected chi connectivity index (χ3v) is 3.89. The van der Waals surface area contributed by atoms with Crippen molar-refractivity contribution in [2.24, 2.45) is 0 Å². The van der Waals surface area contributed by atoms with Gasteiger partial charge in [-0.2, -0.15) is 0 Å². The van der Waals surface area contributed by atoms with Crippen molar-refractivity contribution in [3.05, 3.63) is 88.3 Å². The van der Waals surface area contributed by atoms with Crippen molar-refractivity contribution in [3.8, 4) is 11.1 Å². The van der Waals surface area contributed by atoms with Crippen LogP contribution in [0, 0.1) is 0 Å². The van der Waals surface area contributed by atoms with Gasteiger partial charge in [-0.1, -0.05) is 49.4 Å². The first-order valence-corrected chi connectivity index (χ1v) is 7.86. The van der Waals surface area contributed by atoms with Crippen molar-refractivity contribution in [1.82, 2.24) is 4.98 Å². The minimum Gasteiger partial charge on any atom is -0.328 e. The van der Waals surface area contributed by atoms with Crippen LogP contribution in [0.5, 0.6) is 0 Å². The number of amides is 1. The quantitative estimate of drug-likeness (QED) is 0.767. The minimum absolute atomic E-state index is 0.114. The van der Waals surface area contributed by atoms with E-state index in [1.165, 1.54) is 5.56 Å². The molecule has 120 valence electrons. The molecule has 0 saturated carbocycles. The molecule has 3 aromatic rings. The van der Waals surface area contributed by atoms with Gasteiger partial charge in [-0.15, -0.1) is 0 Å². The number of rotatable bonds is 4. The van der Waals surface area contributed by atoms with Crippen LogP contribution >= 0.6 is 0 Å². The normalized spacial score (nSPS) is 10.4. The maximum absolute atomic E-state index is 12.7. The summed E-state index contributed by atoms with van der Waals surface area (Å²) in [5, 5.41) is 2.80. The fraction of sp³-hybridized carbons (Fsp3) is 0.100. The highest BCUT2D eigenvalue weighted by molar-refractivity contribution is 6.08. The van der Waals surface area contributed by atoms with Gasteiger partial charge in [-0.25, -0.2) is 0 Å². The van der Waals surface area contributed by atoms with Crippen molar-refractivity contribution in [2.75, 3.05) is 5.32 Å². The van der Waals surface area contributed by atoms with Gasteiger partial charge in [0.25, 0.3) is 11.5 Å². The van der Waals surface area contributed by atoms with Crippen LogP contribution in [0.15, 0.2) is 71.7 Å². The van der Waals surface area contributed by atoms with E-state index in [0.29, 0.717) is 11.3 Å². The molecule has 0 saturated heterocycles. The summed E-state index contributed by atoms with van der Waals surface area (Å²) in [6, 6.07) is 18.8. The summed E-state index contributed by atoms with van der Waals surface area (Å²) in [7, 11) is 0. The molecule has 1 amide bonds. The van der Waals surface area contributed by atoms with E-state index in [4.69, 9.17) is 0 Å². The molecule has 0 spiro atoms. The summed E-state index contributed by atoms with van der Waals surface area (Å²) < 4.78 is 0. The Hall–Kier alpha value is -3.14. The second-order valence-corrected chi connectivity index (χ2v) is 5.47. The first kappa shape index (κ1) is 15.7. The Bertz CT molecular complexity index is 897. The molecule has 4 nitrogen and oxygen atoms in total. The van der Waals surface area contributed by atoms with Gasteiger partial charge < -0.3 is 10.3 Å². The summed E-state index contributed by atoms with van der Waals surface area (Å²) in [4.78, 5) is 27.5. The molecule has 0 unspecified atom stereocenters. The van der Waals surface area contributed by atoms with Crippen LogP contribution in [0.4, 0.5) is 5.69 Å². The summed E-state index contributed by atoms with van der Waals surface area (Å²) in [6.45, 7) is 2.07. The fourth-order valence-electron chi connectivity index (χ4n) is 2.58. The Morgan fingerprint density at radius 2 is 1.71 bits per heavy atom. The third-order valence-electron chi connectivity index (χ3n) is 3.89. The summed E-state index contributed by atoms with van der Waals surface area (Å²) in [5.41, 5.74) is 3.01. The number of hydrogen-bond donors (Lipinski definition) is 2. The van der Waals surface area contributed by atoms with Gasteiger partial charge in [-0.3, -0.25) is 9.59 Å². The SMILES string of the molecule is CCc1ccc(NC(=O)c2c(-c3ccccc3)cc[nH]c2=O)cc1. The Balaban J connectivity index is 1.96. The van der Waals surface area contributed by atoms with E-state index in [1.54, 1.807) is 12.3 Å². The molecule has 0 radical (unpaired) electrons. The third kappa shape index (κ3) is 3.27. The molecular weight excluding hydrogens is 300 g/mol. The second kappa shape index (κ2) is 6.96. The van der Waals surface area contributed by atoms with Crippen molar-refractivity contribution in [1.29, 1.82) is 0 Å². The van der Waals surface area contributed by atoms with E-state index in [0.717, 1.165) is 12.0 Å². The molecule has 1 heterocycles. The zero-order valence-corrected chi connectivity index (χ0v) is 13.4. The maximum Gasteiger partial charge on any atom is 0.261 e. The number of nitrogens with one attached hydrogen (secondary N) is 2. The Morgan fingerprint density at radius 3 is 2.38 bits per heavy atom. The molecule has 0 aliphatic heterocycles. The number of H-pyrrole nitrogens is 1. The van der Waals surface area contributed by atoms with E-state index in [2.05, 4.69) is 17.2 Å². The molecule has 0 aliphatic carbocycles. The minimum atomic E-state index is -0.417. The van der Waals surface area contributed by atoms with Gasteiger partial charge in [0.05, 0.1) is 0 Å². The number of aromatic nitrogens is 1. The van der Waals surface area contributed by atoms with Crippen molar-refractivity contribution < 1.29 is 4.79 Å². The predicted octanol–water partition coefficient (Wildman–Crippen LogP) is 3.86. The molecule has 0 bridgehead atoms. The van der Waals surface area contributed by atoms with Crippen LogP contribution in [-0.2, 0) is 6.42 Å². The lowest BCUT2D eigenvalue weighted by Gasteiger charge is -2.10. The first-order chi connectivity index (χ1) is 11.7. The lowest BCUT2D eigenvalue weighted by molar-refractivity contribution is 0.102. The van der Waals surface area contributed by atoms with Crippen LogP contribution in [0.25, 0.3) is 11.1 Å². The molecule has 2 aromatic carbocycles. The average molecular weight is 318 g/mol. The lowest BCUT2D eigenvalue weighted by Crippen LogP contribution is -2.24. The van der Waals surface area contributed by atoms with Gasteiger partial charge in [-0.05, 0) is 35.7 Å². The van der Waals surface area contributed by atoms with Gasteiger partial charge in [0.2, 0.25) is 0 Å². The number of benzene rings is 2. The number of hydrogen-bond acceptors (Lipinski definition) is 2. The Labute approximate surface area is 140 Å². The molecule has 1 aromatic heterocycles. The monoisotopic (exact) mass is 318 g/mol. The molecule has 0 aliphatic rings. The smallest absolute Gasteiger partial charge is 0.261 e. The summed E-state index contributed by atoms with van der Waals surface area (Å²) in [6.07, 6.45) is 2.49. The molecule has 4 heteroatoms. The topological polar surface area (TPSA) is 62.0 Å². The highest BCUT2D eigenvalue weighted by atomic mass is 16.2. The van der Waals surface area contributed by atoms with Gasteiger partial charge in [0, 0.05) is 17.4 Å². The number of aryl methyl sites for hydroxylation is 1. The van der Waals surface area contributed by atoms with Crippen LogP contribution in [0.3, 0.4) is 0 Å². The molecule has 3 rings (SSSR count). The van der Waals surface area contributed by atoms with E-state index in [9.17, 15) is 9.59 Å². The molecule has 0 fully saturated rings. The molecule has 0 atom stereocenters. The van der Waals surface area contributed by atoms with Gasteiger partial charge in [0.15, 0.2) is 0 Å². The van der Waals surface area contributed by atoms with Gasteiger partial charge >= 0.3 is 0 Å².